The van der Waals surface area contributed by atoms with E-state index in [1.54, 1.807) is 28.0 Å². The average molecular weight is 414 g/mol. The van der Waals surface area contributed by atoms with E-state index in [-0.39, 0.29) is 22.6 Å². The number of nitrogens with zero attached hydrogens (tertiary/aromatic N) is 3. The Labute approximate surface area is 164 Å². The minimum atomic E-state index is -4.50. The molecule has 9 heteroatoms. The van der Waals surface area contributed by atoms with Gasteiger partial charge in [0.1, 0.15) is 11.6 Å². The van der Waals surface area contributed by atoms with Crippen molar-refractivity contribution in [2.75, 3.05) is 31.1 Å². The van der Waals surface area contributed by atoms with Crippen molar-refractivity contribution in [1.29, 1.82) is 0 Å². The number of carbonyl (C=O) groups excluding carboxylic acids is 1. The van der Waals surface area contributed by atoms with E-state index in [0.717, 1.165) is 12.3 Å². The Bertz CT molecular complexity index is 876. The fourth-order valence-corrected chi connectivity index (χ4v) is 3.09. The van der Waals surface area contributed by atoms with Crippen LogP contribution in [-0.4, -0.2) is 42.0 Å². The number of anilines is 1. The third kappa shape index (κ3) is 4.81. The van der Waals surface area contributed by atoms with Gasteiger partial charge in [0.2, 0.25) is 5.91 Å². The number of hydrogen-bond acceptors (Lipinski definition) is 3. The molecule has 0 spiro atoms. The maximum atomic E-state index is 12.9. The highest BCUT2D eigenvalue weighted by Crippen LogP contribution is 2.33. The molecule has 0 atom stereocenters. The summed E-state index contributed by atoms with van der Waals surface area (Å²) in [6.07, 6.45) is -0.740. The second kappa shape index (κ2) is 8.18. The van der Waals surface area contributed by atoms with Crippen LogP contribution in [0, 0.1) is 5.82 Å². The van der Waals surface area contributed by atoms with Crippen molar-refractivity contribution < 1.29 is 22.4 Å². The number of amides is 1. The summed E-state index contributed by atoms with van der Waals surface area (Å²) in [4.78, 5) is 19.5. The summed E-state index contributed by atoms with van der Waals surface area (Å²) < 4.78 is 51.0. The highest BCUT2D eigenvalue weighted by molar-refractivity contribution is 6.33. The first-order chi connectivity index (χ1) is 13.2. The van der Waals surface area contributed by atoms with Gasteiger partial charge in [-0.15, -0.1) is 0 Å². The maximum Gasteiger partial charge on any atom is 0.417 e. The molecule has 28 heavy (non-hydrogen) atoms. The lowest BCUT2D eigenvalue weighted by Crippen LogP contribution is -2.48. The predicted octanol–water partition coefficient (Wildman–Crippen LogP) is 4.25. The highest BCUT2D eigenvalue weighted by atomic mass is 35.5. The Morgan fingerprint density at radius 3 is 2.32 bits per heavy atom. The SMILES string of the molecule is O=C(/C=C/c1ccc(F)cc1)N1CCN(c2ncc(C(F)(F)F)cc2Cl)CC1. The first kappa shape index (κ1) is 20.1. The van der Waals surface area contributed by atoms with Crippen molar-refractivity contribution in [3.8, 4) is 0 Å². The lowest BCUT2D eigenvalue weighted by atomic mass is 10.2. The second-order valence-corrected chi connectivity index (χ2v) is 6.63. The molecule has 4 nitrogen and oxygen atoms in total. The van der Waals surface area contributed by atoms with Crippen LogP contribution >= 0.6 is 11.6 Å². The molecule has 1 aromatic heterocycles. The van der Waals surface area contributed by atoms with Crippen LogP contribution in [0.1, 0.15) is 11.1 Å². The zero-order chi connectivity index (χ0) is 20.3. The normalized spacial score (nSPS) is 15.3. The van der Waals surface area contributed by atoms with Crippen molar-refractivity contribution in [2.24, 2.45) is 0 Å². The fourth-order valence-electron chi connectivity index (χ4n) is 2.80. The van der Waals surface area contributed by atoms with Gasteiger partial charge in [-0.1, -0.05) is 23.7 Å². The van der Waals surface area contributed by atoms with Crippen molar-refractivity contribution >= 4 is 29.4 Å². The average Bonchev–Trinajstić information content (AvgIpc) is 2.67. The van der Waals surface area contributed by atoms with Crippen LogP contribution in [0.2, 0.25) is 5.02 Å². The standard InChI is InChI=1S/C19H16ClF4N3O/c20-16-11-14(19(22,23)24)12-25-18(16)27-9-7-26(8-10-27)17(28)6-3-13-1-4-15(21)5-2-13/h1-6,11-12H,7-10H2/b6-3+. The number of piperazine rings is 1. The summed E-state index contributed by atoms with van der Waals surface area (Å²) in [7, 11) is 0. The number of benzene rings is 1. The van der Waals surface area contributed by atoms with Gasteiger partial charge in [0.05, 0.1) is 10.6 Å². The number of carbonyl (C=O) groups is 1. The highest BCUT2D eigenvalue weighted by Gasteiger charge is 2.32. The Morgan fingerprint density at radius 1 is 1.11 bits per heavy atom. The zero-order valence-electron chi connectivity index (χ0n) is 14.6. The maximum absolute atomic E-state index is 12.9. The van der Waals surface area contributed by atoms with Gasteiger partial charge in [0.25, 0.3) is 0 Å². The summed E-state index contributed by atoms with van der Waals surface area (Å²) in [5, 5.41) is -0.0780. The van der Waals surface area contributed by atoms with Crippen LogP contribution in [-0.2, 0) is 11.0 Å². The van der Waals surface area contributed by atoms with E-state index in [4.69, 9.17) is 11.6 Å². The third-order valence-corrected chi connectivity index (χ3v) is 4.61. The smallest absolute Gasteiger partial charge is 0.352 e. The van der Waals surface area contributed by atoms with Crippen molar-refractivity contribution in [2.45, 2.75) is 6.18 Å². The quantitative estimate of drug-likeness (QED) is 0.557. The van der Waals surface area contributed by atoms with Gasteiger partial charge < -0.3 is 9.80 Å². The Kier molecular flexibility index (Phi) is 5.88. The van der Waals surface area contributed by atoms with E-state index in [9.17, 15) is 22.4 Å². The molecule has 1 aromatic carbocycles. The molecule has 3 rings (SSSR count). The Hall–Kier alpha value is -2.61. The molecular weight excluding hydrogens is 398 g/mol. The largest absolute Gasteiger partial charge is 0.417 e. The molecule has 1 amide bonds. The van der Waals surface area contributed by atoms with Gasteiger partial charge in [-0.05, 0) is 29.8 Å². The number of halogens is 5. The van der Waals surface area contributed by atoms with Crippen molar-refractivity contribution in [1.82, 2.24) is 9.88 Å². The molecule has 0 unspecified atom stereocenters. The fraction of sp³-hybridized carbons (Fsp3) is 0.263. The van der Waals surface area contributed by atoms with E-state index < -0.39 is 11.7 Å². The van der Waals surface area contributed by atoms with Crippen molar-refractivity contribution in [3.63, 3.8) is 0 Å². The second-order valence-electron chi connectivity index (χ2n) is 6.22. The van der Waals surface area contributed by atoms with E-state index >= 15 is 0 Å². The topological polar surface area (TPSA) is 36.4 Å². The summed E-state index contributed by atoms with van der Waals surface area (Å²) >= 11 is 5.97. The molecule has 148 valence electrons. The Morgan fingerprint density at radius 2 is 1.75 bits per heavy atom. The molecule has 0 bridgehead atoms. The molecular formula is C19H16ClF4N3O. The van der Waals surface area contributed by atoms with Gasteiger partial charge in [-0.25, -0.2) is 9.37 Å². The summed E-state index contributed by atoms with van der Waals surface area (Å²) in [5.41, 5.74) is -0.199. The van der Waals surface area contributed by atoms with Crippen molar-refractivity contribution in [3.05, 3.63) is 64.6 Å². The molecule has 1 aliphatic rings. The van der Waals surface area contributed by atoms with E-state index in [2.05, 4.69) is 4.98 Å². The zero-order valence-corrected chi connectivity index (χ0v) is 15.3. The number of hydrogen-bond donors (Lipinski definition) is 0. The minimum Gasteiger partial charge on any atom is -0.352 e. The molecule has 0 radical (unpaired) electrons. The van der Waals surface area contributed by atoms with Crippen LogP contribution in [0.4, 0.5) is 23.4 Å². The van der Waals surface area contributed by atoms with Crippen LogP contribution in [0.3, 0.4) is 0 Å². The van der Waals surface area contributed by atoms with E-state index in [1.165, 1.54) is 18.2 Å². The van der Waals surface area contributed by atoms with E-state index in [1.807, 2.05) is 0 Å². The number of pyridine rings is 1. The van der Waals surface area contributed by atoms with E-state index in [0.29, 0.717) is 31.7 Å². The van der Waals surface area contributed by atoms with Gasteiger partial charge in [-0.2, -0.15) is 13.2 Å². The van der Waals surface area contributed by atoms with Gasteiger partial charge in [-0.3, -0.25) is 4.79 Å². The molecule has 1 aliphatic heterocycles. The summed E-state index contributed by atoms with van der Waals surface area (Å²) in [5.74, 6) is -0.283. The molecule has 1 saturated heterocycles. The summed E-state index contributed by atoms with van der Waals surface area (Å²) in [6, 6.07) is 6.60. The molecule has 1 fully saturated rings. The molecule has 0 N–H and O–H groups in total. The van der Waals surface area contributed by atoms with Gasteiger partial charge in [0.15, 0.2) is 0 Å². The first-order valence-corrected chi connectivity index (χ1v) is 8.82. The van der Waals surface area contributed by atoms with Crippen LogP contribution in [0.25, 0.3) is 6.08 Å². The predicted molar refractivity (Wildman–Crippen MR) is 98.5 cm³/mol. The number of aromatic nitrogens is 1. The Balaban J connectivity index is 1.59. The van der Waals surface area contributed by atoms with Gasteiger partial charge >= 0.3 is 6.18 Å². The number of rotatable bonds is 3. The first-order valence-electron chi connectivity index (χ1n) is 8.44. The lowest BCUT2D eigenvalue weighted by Gasteiger charge is -2.35. The molecule has 2 heterocycles. The molecule has 2 aromatic rings. The van der Waals surface area contributed by atoms with Crippen LogP contribution < -0.4 is 4.90 Å². The lowest BCUT2D eigenvalue weighted by molar-refractivity contribution is -0.137. The third-order valence-electron chi connectivity index (χ3n) is 4.33. The minimum absolute atomic E-state index is 0.0780. The molecule has 0 aliphatic carbocycles. The van der Waals surface area contributed by atoms with Crippen LogP contribution in [0.5, 0.6) is 0 Å². The monoisotopic (exact) mass is 413 g/mol. The summed E-state index contributed by atoms with van der Waals surface area (Å²) in [6.45, 7) is 1.56. The molecule has 0 saturated carbocycles. The van der Waals surface area contributed by atoms with Gasteiger partial charge in [0, 0.05) is 38.5 Å². The van der Waals surface area contributed by atoms with Crippen LogP contribution in [0.15, 0.2) is 42.6 Å². The number of alkyl halides is 3.